The van der Waals surface area contributed by atoms with Crippen LogP contribution < -0.4 is 15.1 Å². The summed E-state index contributed by atoms with van der Waals surface area (Å²) in [6, 6.07) is 14.7. The van der Waals surface area contributed by atoms with E-state index in [1.54, 1.807) is 0 Å². The van der Waals surface area contributed by atoms with Gasteiger partial charge in [0.1, 0.15) is 11.3 Å². The van der Waals surface area contributed by atoms with Gasteiger partial charge < -0.3 is 15.3 Å². The number of hydrogen-bond donors (Lipinski definition) is 2. The number of aliphatic hydroxyl groups is 1. The Labute approximate surface area is 169 Å². The molecule has 5 rings (SSSR count). The fourth-order valence-electron chi connectivity index (χ4n) is 4.57. The van der Waals surface area contributed by atoms with Crippen molar-refractivity contribution in [3.8, 4) is 0 Å². The maximum atomic E-state index is 12.9. The Morgan fingerprint density at radius 3 is 2.48 bits per heavy atom. The van der Waals surface area contributed by atoms with Crippen molar-refractivity contribution in [2.24, 2.45) is 0 Å². The first-order valence-corrected chi connectivity index (χ1v) is 10.1. The highest BCUT2D eigenvalue weighted by Gasteiger charge is 2.47. The summed E-state index contributed by atoms with van der Waals surface area (Å²) >= 11 is 0. The van der Waals surface area contributed by atoms with Gasteiger partial charge in [-0.3, -0.25) is 14.5 Å². The number of carbonyl (C=O) groups is 2. The summed E-state index contributed by atoms with van der Waals surface area (Å²) in [7, 11) is 0. The summed E-state index contributed by atoms with van der Waals surface area (Å²) in [5, 5.41) is 13.4. The predicted octanol–water partition coefficient (Wildman–Crippen LogP) is 3.40. The van der Waals surface area contributed by atoms with Crippen molar-refractivity contribution in [1.82, 2.24) is 0 Å². The molecule has 2 aromatic rings. The molecule has 148 valence electrons. The Bertz CT molecular complexity index is 1010. The summed E-state index contributed by atoms with van der Waals surface area (Å²) in [5.41, 5.74) is 3.35. The number of rotatable bonds is 3. The zero-order chi connectivity index (χ0) is 20.0. The number of carbonyl (C=O) groups excluding carboxylic acids is 2. The Kier molecular flexibility index (Phi) is 4.27. The number of benzene rings is 2. The van der Waals surface area contributed by atoms with E-state index in [0.717, 1.165) is 30.0 Å². The van der Waals surface area contributed by atoms with Crippen molar-refractivity contribution in [3.63, 3.8) is 0 Å². The van der Waals surface area contributed by atoms with Gasteiger partial charge in [-0.05, 0) is 55.2 Å². The van der Waals surface area contributed by atoms with Gasteiger partial charge in [-0.25, -0.2) is 0 Å². The van der Waals surface area contributed by atoms with Crippen molar-refractivity contribution in [3.05, 3.63) is 65.4 Å². The summed E-state index contributed by atoms with van der Waals surface area (Å²) in [6.45, 7) is 2.11. The number of nitrogens with one attached hydrogen (secondary N) is 1. The third-order valence-corrected chi connectivity index (χ3v) is 6.05. The lowest BCUT2D eigenvalue weighted by Gasteiger charge is -2.28. The second-order valence-corrected chi connectivity index (χ2v) is 7.83. The predicted molar refractivity (Wildman–Crippen MR) is 112 cm³/mol. The van der Waals surface area contributed by atoms with Crippen LogP contribution in [0.5, 0.6) is 0 Å². The maximum Gasteiger partial charge on any atom is 0.268 e. The summed E-state index contributed by atoms with van der Waals surface area (Å²) < 4.78 is 0. The largest absolute Gasteiger partial charge is 0.509 e. The summed E-state index contributed by atoms with van der Waals surface area (Å²) in [4.78, 5) is 29.5. The zero-order valence-electron chi connectivity index (χ0n) is 16.1. The fraction of sp³-hybridized carbons (Fsp3) is 0.304. The molecule has 2 amide bonds. The molecular weight excluding hydrogens is 366 g/mol. The van der Waals surface area contributed by atoms with Crippen molar-refractivity contribution < 1.29 is 14.7 Å². The number of fused-ring (bicyclic) bond motifs is 3. The molecule has 1 fully saturated rings. The van der Waals surface area contributed by atoms with Gasteiger partial charge in [-0.15, -0.1) is 0 Å². The average Bonchev–Trinajstić information content (AvgIpc) is 3.25. The Morgan fingerprint density at radius 1 is 1.00 bits per heavy atom. The number of para-hydroxylation sites is 1. The number of anilines is 3. The van der Waals surface area contributed by atoms with Crippen LogP contribution in [0.15, 0.2) is 59.9 Å². The molecule has 6 nitrogen and oxygen atoms in total. The monoisotopic (exact) mass is 389 g/mol. The van der Waals surface area contributed by atoms with E-state index in [4.69, 9.17) is 0 Å². The van der Waals surface area contributed by atoms with E-state index in [9.17, 15) is 14.7 Å². The first kappa shape index (κ1) is 17.8. The van der Waals surface area contributed by atoms with Crippen molar-refractivity contribution in [1.29, 1.82) is 0 Å². The van der Waals surface area contributed by atoms with Crippen LogP contribution in [0, 0.1) is 0 Å². The SMILES string of the molecule is O=C(Nc1ccc(N2CCCCC2)cc1)C1=C(O)C2Cc3ccccc3N2C1=O. The van der Waals surface area contributed by atoms with Crippen molar-refractivity contribution in [2.45, 2.75) is 31.7 Å². The molecular formula is C23H23N3O3. The first-order chi connectivity index (χ1) is 14.1. The van der Waals surface area contributed by atoms with Crippen LogP contribution in [-0.2, 0) is 16.0 Å². The van der Waals surface area contributed by atoms with Gasteiger partial charge in [0.15, 0.2) is 0 Å². The Hall–Kier alpha value is -3.28. The maximum absolute atomic E-state index is 12.9. The van der Waals surface area contributed by atoms with E-state index in [0.29, 0.717) is 12.1 Å². The van der Waals surface area contributed by atoms with Crippen LogP contribution in [0.4, 0.5) is 17.1 Å². The topological polar surface area (TPSA) is 72.9 Å². The van der Waals surface area contributed by atoms with E-state index in [1.165, 1.54) is 24.2 Å². The van der Waals surface area contributed by atoms with Crippen LogP contribution in [0.25, 0.3) is 0 Å². The molecule has 6 heteroatoms. The van der Waals surface area contributed by atoms with Crippen molar-refractivity contribution in [2.75, 3.05) is 28.2 Å². The minimum absolute atomic E-state index is 0.145. The average molecular weight is 389 g/mol. The van der Waals surface area contributed by atoms with Crippen LogP contribution in [0.1, 0.15) is 24.8 Å². The number of hydrogen-bond acceptors (Lipinski definition) is 4. The standard InChI is InChI=1S/C23H23N3O3/c27-21-19-14-15-6-2-3-7-18(15)26(19)23(29)20(21)22(28)24-16-8-10-17(11-9-16)25-12-4-1-5-13-25/h2-3,6-11,19,27H,1,4-5,12-14H2,(H,24,28). The minimum atomic E-state index is -0.565. The number of aliphatic hydroxyl groups excluding tert-OH is 1. The molecule has 3 aliphatic heterocycles. The van der Waals surface area contributed by atoms with Crippen LogP contribution in [-0.4, -0.2) is 36.1 Å². The molecule has 0 saturated carbocycles. The van der Waals surface area contributed by atoms with Gasteiger partial charge in [0.05, 0.1) is 6.04 Å². The van der Waals surface area contributed by atoms with Gasteiger partial charge in [0.25, 0.3) is 11.8 Å². The molecule has 2 N–H and O–H groups in total. The number of piperidine rings is 1. The fourth-order valence-corrected chi connectivity index (χ4v) is 4.57. The summed E-state index contributed by atoms with van der Waals surface area (Å²) in [5.74, 6) is -1.15. The van der Waals surface area contributed by atoms with Crippen molar-refractivity contribution >= 4 is 28.9 Å². The molecule has 29 heavy (non-hydrogen) atoms. The summed E-state index contributed by atoms with van der Waals surface area (Å²) in [6.07, 6.45) is 4.21. The lowest BCUT2D eigenvalue weighted by atomic mass is 10.1. The zero-order valence-corrected chi connectivity index (χ0v) is 16.1. The van der Waals surface area contributed by atoms with Gasteiger partial charge in [0, 0.05) is 36.6 Å². The molecule has 1 saturated heterocycles. The van der Waals surface area contributed by atoms with Gasteiger partial charge in [-0.2, -0.15) is 0 Å². The second-order valence-electron chi connectivity index (χ2n) is 7.83. The van der Waals surface area contributed by atoms with E-state index in [2.05, 4.69) is 10.2 Å². The van der Waals surface area contributed by atoms with Gasteiger partial charge >= 0.3 is 0 Å². The molecule has 0 spiro atoms. The van der Waals surface area contributed by atoms with E-state index < -0.39 is 17.9 Å². The smallest absolute Gasteiger partial charge is 0.268 e. The Balaban J connectivity index is 1.32. The molecule has 2 aromatic carbocycles. The highest BCUT2D eigenvalue weighted by Crippen LogP contribution is 2.40. The van der Waals surface area contributed by atoms with Crippen LogP contribution >= 0.6 is 0 Å². The highest BCUT2D eigenvalue weighted by molar-refractivity contribution is 6.30. The van der Waals surface area contributed by atoms with Gasteiger partial charge in [0.2, 0.25) is 0 Å². The lowest BCUT2D eigenvalue weighted by Crippen LogP contribution is -2.33. The molecule has 1 unspecified atom stereocenters. The minimum Gasteiger partial charge on any atom is -0.509 e. The quantitative estimate of drug-likeness (QED) is 0.790. The molecule has 3 heterocycles. The number of nitrogens with zero attached hydrogens (tertiary/aromatic N) is 2. The van der Waals surface area contributed by atoms with E-state index in [-0.39, 0.29) is 11.3 Å². The third kappa shape index (κ3) is 2.95. The molecule has 0 radical (unpaired) electrons. The first-order valence-electron chi connectivity index (χ1n) is 10.1. The number of amides is 2. The molecule has 1 atom stereocenters. The van der Waals surface area contributed by atoms with Gasteiger partial charge in [-0.1, -0.05) is 18.2 Å². The van der Waals surface area contributed by atoms with E-state index in [1.807, 2.05) is 48.5 Å². The molecule has 0 bridgehead atoms. The lowest BCUT2D eigenvalue weighted by molar-refractivity contribution is -0.119. The third-order valence-electron chi connectivity index (χ3n) is 6.05. The normalized spacial score (nSPS) is 20.7. The molecule has 3 aliphatic rings. The van der Waals surface area contributed by atoms with E-state index >= 15 is 0 Å². The molecule has 0 aromatic heterocycles. The Morgan fingerprint density at radius 2 is 1.72 bits per heavy atom. The highest BCUT2D eigenvalue weighted by atomic mass is 16.3. The van der Waals surface area contributed by atoms with Crippen LogP contribution in [0.2, 0.25) is 0 Å². The van der Waals surface area contributed by atoms with Crippen LogP contribution in [0.3, 0.4) is 0 Å². The molecule has 0 aliphatic carbocycles. The second kappa shape index (κ2) is 6.95.